The van der Waals surface area contributed by atoms with E-state index < -0.39 is 0 Å². The number of rotatable bonds is 3. The Morgan fingerprint density at radius 2 is 1.82 bits per heavy atom. The first-order chi connectivity index (χ1) is 13.7. The van der Waals surface area contributed by atoms with Crippen LogP contribution in [0.15, 0.2) is 24.5 Å². The van der Waals surface area contributed by atoms with Crippen molar-refractivity contribution in [3.05, 3.63) is 36.2 Å². The van der Waals surface area contributed by atoms with Crippen LogP contribution in [0.1, 0.15) is 25.0 Å². The lowest BCUT2D eigenvalue weighted by Gasteiger charge is -2.23. The zero-order valence-electron chi connectivity index (χ0n) is 16.0. The fourth-order valence-electron chi connectivity index (χ4n) is 3.74. The smallest absolute Gasteiger partial charge is 0.203 e. The van der Waals surface area contributed by atoms with Crippen molar-refractivity contribution in [3.63, 3.8) is 0 Å². The Balaban J connectivity index is 1.41. The quantitative estimate of drug-likeness (QED) is 0.524. The highest BCUT2D eigenvalue weighted by Gasteiger charge is 2.21. The van der Waals surface area contributed by atoms with Gasteiger partial charge in [0.25, 0.3) is 0 Å². The van der Waals surface area contributed by atoms with Gasteiger partial charge < -0.3 is 9.80 Å². The average Bonchev–Trinajstić information content (AvgIpc) is 3.22. The molecular weight excluding hydrogens is 356 g/mol. The summed E-state index contributed by atoms with van der Waals surface area (Å²) in [5.74, 6) is 3.59. The van der Waals surface area contributed by atoms with Gasteiger partial charge in [0.1, 0.15) is 11.6 Å². The van der Waals surface area contributed by atoms with Crippen molar-refractivity contribution in [2.45, 2.75) is 26.7 Å². The van der Waals surface area contributed by atoms with Crippen molar-refractivity contribution < 1.29 is 0 Å². The molecule has 10 nitrogen and oxygen atoms in total. The molecule has 4 aromatic heterocycles. The second-order valence-electron chi connectivity index (χ2n) is 6.95. The Morgan fingerprint density at radius 3 is 2.71 bits per heavy atom. The minimum Gasteiger partial charge on any atom is -0.353 e. The van der Waals surface area contributed by atoms with Crippen molar-refractivity contribution in [1.82, 2.24) is 39.4 Å². The van der Waals surface area contributed by atoms with Crippen molar-refractivity contribution in [3.8, 4) is 0 Å². The zero-order chi connectivity index (χ0) is 19.1. The summed E-state index contributed by atoms with van der Waals surface area (Å²) in [5, 5.41) is 21.6. The molecule has 28 heavy (non-hydrogen) atoms. The van der Waals surface area contributed by atoms with E-state index >= 15 is 0 Å². The van der Waals surface area contributed by atoms with Crippen LogP contribution in [0.3, 0.4) is 0 Å². The van der Waals surface area contributed by atoms with Crippen molar-refractivity contribution in [2.24, 2.45) is 0 Å². The Kier molecular flexibility index (Phi) is 4.03. The second-order valence-corrected chi connectivity index (χ2v) is 6.95. The van der Waals surface area contributed by atoms with Gasteiger partial charge in [0, 0.05) is 45.0 Å². The maximum absolute atomic E-state index is 4.72. The molecule has 5 rings (SSSR count). The fourth-order valence-corrected chi connectivity index (χ4v) is 3.74. The Morgan fingerprint density at radius 1 is 0.964 bits per heavy atom. The average molecular weight is 378 g/mol. The summed E-state index contributed by atoms with van der Waals surface area (Å²) < 4.78 is 3.83. The Labute approximate surface area is 161 Å². The van der Waals surface area contributed by atoms with Crippen molar-refractivity contribution >= 4 is 22.9 Å². The summed E-state index contributed by atoms with van der Waals surface area (Å²) in [6.45, 7) is 7.56. The maximum atomic E-state index is 4.72. The van der Waals surface area contributed by atoms with Crippen molar-refractivity contribution in [2.75, 3.05) is 36.0 Å². The number of fused-ring (bicyclic) bond motifs is 2. The fraction of sp³-hybridized carbons (Fsp3) is 0.444. The van der Waals surface area contributed by atoms with Crippen LogP contribution in [0.25, 0.3) is 11.3 Å². The first kappa shape index (κ1) is 16.8. The minimum absolute atomic E-state index is 0.770. The molecule has 0 aliphatic carbocycles. The van der Waals surface area contributed by atoms with Gasteiger partial charge in [-0.15, -0.1) is 25.5 Å². The third-order valence-electron chi connectivity index (χ3n) is 5.22. The van der Waals surface area contributed by atoms with Gasteiger partial charge >= 0.3 is 0 Å². The van der Waals surface area contributed by atoms with Gasteiger partial charge in [-0.1, -0.05) is 6.92 Å². The second kappa shape index (κ2) is 6.70. The van der Waals surface area contributed by atoms with Gasteiger partial charge in [0.15, 0.2) is 17.3 Å². The Hall–Kier alpha value is -3.30. The molecule has 0 saturated carbocycles. The molecule has 1 aliphatic rings. The molecule has 0 bridgehead atoms. The van der Waals surface area contributed by atoms with Gasteiger partial charge in [-0.2, -0.15) is 4.52 Å². The van der Waals surface area contributed by atoms with Crippen LogP contribution in [0.2, 0.25) is 0 Å². The lowest BCUT2D eigenvalue weighted by Crippen LogP contribution is -2.32. The number of aromatic nitrogens is 8. The number of hydrogen-bond acceptors (Lipinski definition) is 8. The highest BCUT2D eigenvalue weighted by atomic mass is 15.4. The molecule has 1 aliphatic heterocycles. The lowest BCUT2D eigenvalue weighted by atomic mass is 10.3. The molecule has 1 saturated heterocycles. The molecule has 0 radical (unpaired) electrons. The van der Waals surface area contributed by atoms with E-state index in [4.69, 9.17) is 5.10 Å². The molecule has 0 aromatic carbocycles. The summed E-state index contributed by atoms with van der Waals surface area (Å²) in [7, 11) is 0. The molecule has 1 fully saturated rings. The molecule has 0 unspecified atom stereocenters. The van der Waals surface area contributed by atoms with Gasteiger partial charge in [-0.3, -0.25) is 4.40 Å². The summed E-state index contributed by atoms with van der Waals surface area (Å²) in [5.41, 5.74) is 1.60. The third kappa shape index (κ3) is 2.72. The number of hydrogen-bond donors (Lipinski definition) is 0. The van der Waals surface area contributed by atoms with Gasteiger partial charge in [0.05, 0.1) is 0 Å². The predicted octanol–water partition coefficient (Wildman–Crippen LogP) is 1.15. The highest BCUT2D eigenvalue weighted by molar-refractivity contribution is 5.64. The zero-order valence-corrected chi connectivity index (χ0v) is 16.0. The van der Waals surface area contributed by atoms with E-state index in [9.17, 15) is 0 Å². The SMILES string of the molecule is CCc1nnc2c(N3CCCN(c4ccc5nnc(C)n5n4)CC3)nccn12. The van der Waals surface area contributed by atoms with Gasteiger partial charge in [0.2, 0.25) is 5.65 Å². The predicted molar refractivity (Wildman–Crippen MR) is 105 cm³/mol. The van der Waals surface area contributed by atoms with Crippen LogP contribution in [-0.2, 0) is 6.42 Å². The minimum atomic E-state index is 0.770. The molecule has 5 heterocycles. The number of aryl methyl sites for hydroxylation is 2. The highest BCUT2D eigenvalue weighted by Crippen LogP contribution is 2.21. The van der Waals surface area contributed by atoms with Crippen LogP contribution in [0.5, 0.6) is 0 Å². The van der Waals surface area contributed by atoms with Crippen molar-refractivity contribution in [1.29, 1.82) is 0 Å². The van der Waals surface area contributed by atoms with E-state index in [1.807, 2.05) is 35.9 Å². The van der Waals surface area contributed by atoms with E-state index in [0.717, 1.165) is 73.6 Å². The van der Waals surface area contributed by atoms with E-state index in [1.54, 1.807) is 4.52 Å². The molecule has 144 valence electrons. The lowest BCUT2D eigenvalue weighted by molar-refractivity contribution is 0.769. The van der Waals surface area contributed by atoms with Crippen LogP contribution in [-0.4, -0.2) is 65.6 Å². The van der Waals surface area contributed by atoms with Crippen LogP contribution < -0.4 is 9.80 Å². The normalized spacial score (nSPS) is 15.5. The summed E-state index contributed by atoms with van der Waals surface area (Å²) >= 11 is 0. The molecule has 0 atom stereocenters. The van der Waals surface area contributed by atoms with E-state index in [-0.39, 0.29) is 0 Å². The largest absolute Gasteiger partial charge is 0.353 e. The van der Waals surface area contributed by atoms with E-state index in [0.29, 0.717) is 0 Å². The van der Waals surface area contributed by atoms with Crippen LogP contribution >= 0.6 is 0 Å². The van der Waals surface area contributed by atoms with Crippen LogP contribution in [0.4, 0.5) is 11.6 Å². The maximum Gasteiger partial charge on any atom is 0.203 e. The van der Waals surface area contributed by atoms with Gasteiger partial charge in [-0.25, -0.2) is 4.98 Å². The standard InChI is InChI=1S/C18H22N10/c1-3-14-21-23-18-17(19-7-10-27(14)18)26-9-4-8-25(11-12-26)16-6-5-15-22-20-13(2)28(15)24-16/h5-7,10H,3-4,8-9,11-12H2,1-2H3. The third-order valence-corrected chi connectivity index (χ3v) is 5.22. The summed E-state index contributed by atoms with van der Waals surface area (Å²) in [4.78, 5) is 9.21. The molecule has 0 spiro atoms. The topological polar surface area (TPSA) is 92.6 Å². The number of nitrogens with zero attached hydrogens (tertiary/aromatic N) is 10. The van der Waals surface area contributed by atoms with Crippen LogP contribution in [0, 0.1) is 6.92 Å². The molecule has 0 amide bonds. The summed E-state index contributed by atoms with van der Waals surface area (Å²) in [6, 6.07) is 3.99. The first-order valence-electron chi connectivity index (χ1n) is 9.62. The summed E-state index contributed by atoms with van der Waals surface area (Å²) in [6.07, 6.45) is 5.62. The molecular formula is C18H22N10. The molecule has 4 aromatic rings. The molecule has 10 heteroatoms. The van der Waals surface area contributed by atoms with Gasteiger partial charge in [-0.05, 0) is 25.5 Å². The first-order valence-corrected chi connectivity index (χ1v) is 9.62. The molecule has 0 N–H and O–H groups in total. The Bertz CT molecular complexity index is 1130. The van der Waals surface area contributed by atoms with E-state index in [2.05, 4.69) is 42.1 Å². The number of anilines is 2. The monoisotopic (exact) mass is 378 g/mol. The van der Waals surface area contributed by atoms with E-state index in [1.165, 1.54) is 0 Å².